The third-order valence-electron chi connectivity index (χ3n) is 3.39. The number of nitrogens with zero attached hydrogens (tertiary/aromatic N) is 1. The third kappa shape index (κ3) is 2.56. The van der Waals surface area contributed by atoms with Gasteiger partial charge < -0.3 is 11.1 Å². The van der Waals surface area contributed by atoms with Gasteiger partial charge in [-0.3, -0.25) is 4.98 Å². The first-order chi connectivity index (χ1) is 10.1. The third-order valence-corrected chi connectivity index (χ3v) is 4.00. The van der Waals surface area contributed by atoms with E-state index in [0.29, 0.717) is 10.2 Å². The molecule has 0 unspecified atom stereocenters. The lowest BCUT2D eigenvalue weighted by molar-refractivity contribution is 0.621. The Kier molecular flexibility index (Phi) is 3.51. The SMILES string of the molecule is Cc1cc(Br)c(F)cc1Nc1ccc(N)c2cnccc12. The van der Waals surface area contributed by atoms with E-state index in [1.54, 1.807) is 18.5 Å². The van der Waals surface area contributed by atoms with Crippen LogP contribution in [-0.4, -0.2) is 4.98 Å². The first kappa shape index (κ1) is 13.8. The van der Waals surface area contributed by atoms with Crippen molar-refractivity contribution in [1.82, 2.24) is 4.98 Å². The molecule has 0 saturated heterocycles. The van der Waals surface area contributed by atoms with Gasteiger partial charge in [-0.1, -0.05) is 0 Å². The van der Waals surface area contributed by atoms with E-state index in [9.17, 15) is 4.39 Å². The molecule has 0 amide bonds. The highest BCUT2D eigenvalue weighted by Gasteiger charge is 2.08. The number of aryl methyl sites for hydroxylation is 1. The second-order valence-corrected chi connectivity index (χ2v) is 5.68. The molecule has 5 heteroatoms. The minimum Gasteiger partial charge on any atom is -0.398 e. The number of nitrogens with two attached hydrogens (primary N) is 1. The molecule has 0 radical (unpaired) electrons. The summed E-state index contributed by atoms with van der Waals surface area (Å²) in [5, 5.41) is 5.09. The van der Waals surface area contributed by atoms with Crippen molar-refractivity contribution in [2.75, 3.05) is 11.1 Å². The Morgan fingerprint density at radius 1 is 1.14 bits per heavy atom. The number of fused-ring (bicyclic) bond motifs is 1. The molecular formula is C16H13BrFN3. The van der Waals surface area contributed by atoms with Crippen LogP contribution in [0.3, 0.4) is 0 Å². The van der Waals surface area contributed by atoms with Crippen LogP contribution in [-0.2, 0) is 0 Å². The first-order valence-electron chi connectivity index (χ1n) is 6.41. The summed E-state index contributed by atoms with van der Waals surface area (Å²) in [7, 11) is 0. The predicted octanol–water partition coefficient (Wildman–Crippen LogP) is 4.77. The summed E-state index contributed by atoms with van der Waals surface area (Å²) in [6, 6.07) is 8.81. The van der Waals surface area contributed by atoms with Crippen molar-refractivity contribution in [3.8, 4) is 0 Å². The monoisotopic (exact) mass is 345 g/mol. The number of pyridine rings is 1. The number of hydrogen-bond donors (Lipinski definition) is 2. The number of nitrogens with one attached hydrogen (secondary N) is 1. The van der Waals surface area contributed by atoms with E-state index in [1.165, 1.54) is 6.07 Å². The number of anilines is 3. The van der Waals surface area contributed by atoms with Crippen LogP contribution in [0.1, 0.15) is 5.56 Å². The second kappa shape index (κ2) is 5.33. The summed E-state index contributed by atoms with van der Waals surface area (Å²) in [5.41, 5.74) is 9.16. The molecule has 21 heavy (non-hydrogen) atoms. The fourth-order valence-electron chi connectivity index (χ4n) is 2.25. The van der Waals surface area contributed by atoms with Gasteiger partial charge in [-0.05, 0) is 58.7 Å². The summed E-state index contributed by atoms with van der Waals surface area (Å²) in [5.74, 6) is -0.301. The fraction of sp³-hybridized carbons (Fsp3) is 0.0625. The minimum atomic E-state index is -0.301. The molecule has 0 atom stereocenters. The van der Waals surface area contributed by atoms with E-state index in [2.05, 4.69) is 26.2 Å². The Labute approximate surface area is 130 Å². The first-order valence-corrected chi connectivity index (χ1v) is 7.20. The zero-order valence-corrected chi connectivity index (χ0v) is 12.9. The number of halogens is 2. The molecule has 2 aromatic carbocycles. The molecule has 0 saturated carbocycles. The zero-order valence-electron chi connectivity index (χ0n) is 11.3. The highest BCUT2D eigenvalue weighted by atomic mass is 79.9. The van der Waals surface area contributed by atoms with Crippen molar-refractivity contribution in [3.63, 3.8) is 0 Å². The van der Waals surface area contributed by atoms with Gasteiger partial charge in [0, 0.05) is 40.2 Å². The minimum absolute atomic E-state index is 0.301. The van der Waals surface area contributed by atoms with Crippen molar-refractivity contribution >= 4 is 43.8 Å². The number of aromatic nitrogens is 1. The molecule has 1 aromatic heterocycles. The lowest BCUT2D eigenvalue weighted by Crippen LogP contribution is -1.97. The average molecular weight is 346 g/mol. The molecule has 3 nitrogen and oxygen atoms in total. The van der Waals surface area contributed by atoms with Crippen molar-refractivity contribution in [2.24, 2.45) is 0 Å². The lowest BCUT2D eigenvalue weighted by atomic mass is 10.1. The number of rotatable bonds is 2. The normalized spacial score (nSPS) is 10.8. The van der Waals surface area contributed by atoms with Gasteiger partial charge in [0.1, 0.15) is 5.82 Å². The molecule has 0 aliphatic carbocycles. The van der Waals surface area contributed by atoms with Gasteiger partial charge in [0.25, 0.3) is 0 Å². The maximum atomic E-state index is 13.7. The molecule has 3 aromatic rings. The molecule has 3 N–H and O–H groups in total. The molecule has 1 heterocycles. The number of nitrogen functional groups attached to an aromatic ring is 1. The maximum absolute atomic E-state index is 13.7. The van der Waals surface area contributed by atoms with Crippen LogP contribution in [0.2, 0.25) is 0 Å². The fourth-order valence-corrected chi connectivity index (χ4v) is 2.70. The molecule has 0 fully saturated rings. The molecule has 0 spiro atoms. The van der Waals surface area contributed by atoms with Gasteiger partial charge >= 0.3 is 0 Å². The Bertz CT molecular complexity index is 833. The average Bonchev–Trinajstić information content (AvgIpc) is 2.48. The molecular weight excluding hydrogens is 333 g/mol. The second-order valence-electron chi connectivity index (χ2n) is 4.83. The van der Waals surface area contributed by atoms with Crippen LogP contribution in [0.15, 0.2) is 47.2 Å². The van der Waals surface area contributed by atoms with Gasteiger partial charge in [0.05, 0.1) is 4.47 Å². The summed E-state index contributed by atoms with van der Waals surface area (Å²) < 4.78 is 14.2. The van der Waals surface area contributed by atoms with Crippen LogP contribution in [0.5, 0.6) is 0 Å². The van der Waals surface area contributed by atoms with Crippen LogP contribution < -0.4 is 11.1 Å². The van der Waals surface area contributed by atoms with Crippen LogP contribution >= 0.6 is 15.9 Å². The Morgan fingerprint density at radius 2 is 1.95 bits per heavy atom. The van der Waals surface area contributed by atoms with E-state index < -0.39 is 0 Å². The Balaban J connectivity index is 2.11. The topological polar surface area (TPSA) is 50.9 Å². The molecule has 0 bridgehead atoms. The van der Waals surface area contributed by atoms with Crippen LogP contribution in [0, 0.1) is 12.7 Å². The van der Waals surface area contributed by atoms with Crippen molar-refractivity contribution < 1.29 is 4.39 Å². The summed E-state index contributed by atoms with van der Waals surface area (Å²) in [6.45, 7) is 1.92. The maximum Gasteiger partial charge on any atom is 0.139 e. The Hall–Kier alpha value is -2.14. The highest BCUT2D eigenvalue weighted by Crippen LogP contribution is 2.32. The molecule has 0 aliphatic rings. The van der Waals surface area contributed by atoms with Crippen molar-refractivity contribution in [1.29, 1.82) is 0 Å². The van der Waals surface area contributed by atoms with Crippen molar-refractivity contribution in [2.45, 2.75) is 6.92 Å². The van der Waals surface area contributed by atoms with E-state index in [1.807, 2.05) is 25.1 Å². The van der Waals surface area contributed by atoms with Gasteiger partial charge in [-0.2, -0.15) is 0 Å². The van der Waals surface area contributed by atoms with E-state index in [4.69, 9.17) is 5.73 Å². The largest absolute Gasteiger partial charge is 0.398 e. The van der Waals surface area contributed by atoms with E-state index in [0.717, 1.165) is 27.7 Å². The summed E-state index contributed by atoms with van der Waals surface area (Å²) in [6.07, 6.45) is 3.44. The highest BCUT2D eigenvalue weighted by molar-refractivity contribution is 9.10. The van der Waals surface area contributed by atoms with Gasteiger partial charge in [0.2, 0.25) is 0 Å². The molecule has 0 aliphatic heterocycles. The predicted molar refractivity (Wildman–Crippen MR) is 88.3 cm³/mol. The lowest BCUT2D eigenvalue weighted by Gasteiger charge is -2.13. The number of benzene rings is 2. The van der Waals surface area contributed by atoms with Crippen LogP contribution in [0.4, 0.5) is 21.5 Å². The summed E-state index contributed by atoms with van der Waals surface area (Å²) in [4.78, 5) is 4.09. The van der Waals surface area contributed by atoms with Crippen LogP contribution in [0.25, 0.3) is 10.8 Å². The zero-order chi connectivity index (χ0) is 15.0. The quantitative estimate of drug-likeness (QED) is 0.657. The smallest absolute Gasteiger partial charge is 0.139 e. The van der Waals surface area contributed by atoms with E-state index in [-0.39, 0.29) is 5.82 Å². The van der Waals surface area contributed by atoms with Gasteiger partial charge in [-0.25, -0.2) is 4.39 Å². The Morgan fingerprint density at radius 3 is 2.76 bits per heavy atom. The van der Waals surface area contributed by atoms with Gasteiger partial charge in [0.15, 0.2) is 0 Å². The summed E-state index contributed by atoms with van der Waals surface area (Å²) >= 11 is 3.19. The molecule has 106 valence electrons. The number of hydrogen-bond acceptors (Lipinski definition) is 3. The standard InChI is InChI=1S/C16H13BrFN3/c1-9-6-12(17)13(18)7-16(9)21-15-3-2-14(19)11-8-20-5-4-10(11)15/h2-8,21H,19H2,1H3. The molecule has 3 rings (SSSR count). The van der Waals surface area contributed by atoms with Gasteiger partial charge in [-0.15, -0.1) is 0 Å². The van der Waals surface area contributed by atoms with Crippen molar-refractivity contribution in [3.05, 3.63) is 58.6 Å². The van der Waals surface area contributed by atoms with E-state index >= 15 is 0 Å².